The number of hydrogen-bond donors (Lipinski definition) is 1. The number of fused-ring (bicyclic) bond motifs is 1. The Kier molecular flexibility index (Phi) is 3.82. The van der Waals surface area contributed by atoms with Crippen LogP contribution in [0.25, 0.3) is 11.1 Å². The number of β-amino-alcohol motifs (C(OH)–C–C–N with tert-alkyl or cyclic N) is 1. The molecule has 3 rings (SSSR count). The van der Waals surface area contributed by atoms with Crippen LogP contribution in [0, 0.1) is 5.82 Å². The van der Waals surface area contributed by atoms with Crippen molar-refractivity contribution in [2.24, 2.45) is 0 Å². The van der Waals surface area contributed by atoms with Gasteiger partial charge in [0.25, 0.3) is 6.01 Å². The van der Waals surface area contributed by atoms with Crippen molar-refractivity contribution >= 4 is 17.1 Å². The molecule has 1 aromatic heterocycles. The molecule has 1 N–H and O–H groups in total. The van der Waals surface area contributed by atoms with E-state index in [9.17, 15) is 9.50 Å². The Morgan fingerprint density at radius 1 is 1.41 bits per heavy atom. The van der Waals surface area contributed by atoms with Crippen molar-refractivity contribution < 1.29 is 13.9 Å². The Hall–Kier alpha value is -1.66. The fraction of sp³-hybridized carbons (Fsp3) is 0.562. The van der Waals surface area contributed by atoms with Crippen molar-refractivity contribution in [1.29, 1.82) is 0 Å². The third-order valence-electron chi connectivity index (χ3n) is 3.91. The number of halogens is 1. The molecule has 0 bridgehead atoms. The number of rotatable bonds is 3. The first-order valence-corrected chi connectivity index (χ1v) is 7.59. The van der Waals surface area contributed by atoms with Gasteiger partial charge in [0.2, 0.25) is 0 Å². The molecular formula is C16H22FN3O2. The number of oxazole rings is 1. The van der Waals surface area contributed by atoms with Crippen LogP contribution in [0.2, 0.25) is 0 Å². The normalized spacial score (nSPS) is 20.8. The summed E-state index contributed by atoms with van der Waals surface area (Å²) < 4.78 is 19.0. The molecule has 0 aliphatic carbocycles. The zero-order valence-corrected chi connectivity index (χ0v) is 13.2. The SMILES string of the molecule is CC1CN(CC(C)(C)O)CCN1c1nc2cc(F)ccc2o1. The second-order valence-corrected chi connectivity index (χ2v) is 6.70. The highest BCUT2D eigenvalue weighted by Crippen LogP contribution is 2.26. The summed E-state index contributed by atoms with van der Waals surface area (Å²) >= 11 is 0. The number of aromatic nitrogens is 1. The zero-order valence-electron chi connectivity index (χ0n) is 13.2. The van der Waals surface area contributed by atoms with Gasteiger partial charge in [0.15, 0.2) is 5.58 Å². The first-order chi connectivity index (χ1) is 10.3. The lowest BCUT2D eigenvalue weighted by Gasteiger charge is -2.40. The number of benzene rings is 1. The van der Waals surface area contributed by atoms with Gasteiger partial charge in [0.05, 0.1) is 5.60 Å². The summed E-state index contributed by atoms with van der Waals surface area (Å²) in [6.07, 6.45) is 0. The van der Waals surface area contributed by atoms with E-state index in [1.807, 2.05) is 13.8 Å². The predicted molar refractivity (Wildman–Crippen MR) is 83.5 cm³/mol. The van der Waals surface area contributed by atoms with Crippen molar-refractivity contribution in [2.45, 2.75) is 32.4 Å². The van der Waals surface area contributed by atoms with Crippen LogP contribution in [0.3, 0.4) is 0 Å². The average molecular weight is 307 g/mol. The van der Waals surface area contributed by atoms with Gasteiger partial charge in [-0.1, -0.05) is 0 Å². The molecule has 0 saturated carbocycles. The minimum atomic E-state index is -0.697. The monoisotopic (exact) mass is 307 g/mol. The molecule has 5 nitrogen and oxygen atoms in total. The molecule has 1 aliphatic rings. The zero-order chi connectivity index (χ0) is 15.9. The van der Waals surface area contributed by atoms with Crippen LogP contribution in [-0.4, -0.2) is 52.8 Å². The molecule has 120 valence electrons. The molecule has 1 atom stereocenters. The minimum absolute atomic E-state index is 0.217. The topological polar surface area (TPSA) is 52.7 Å². The van der Waals surface area contributed by atoms with Crippen LogP contribution < -0.4 is 4.90 Å². The molecule has 2 aromatic rings. The van der Waals surface area contributed by atoms with E-state index >= 15 is 0 Å². The summed E-state index contributed by atoms with van der Waals surface area (Å²) in [6, 6.07) is 5.13. The fourth-order valence-electron chi connectivity index (χ4n) is 3.02. The van der Waals surface area contributed by atoms with Crippen molar-refractivity contribution in [3.05, 3.63) is 24.0 Å². The number of anilines is 1. The van der Waals surface area contributed by atoms with E-state index in [2.05, 4.69) is 21.7 Å². The Labute approximate surface area is 129 Å². The maximum Gasteiger partial charge on any atom is 0.298 e. The lowest BCUT2D eigenvalue weighted by molar-refractivity contribution is 0.0304. The Bertz CT molecular complexity index is 665. The van der Waals surface area contributed by atoms with Gasteiger partial charge < -0.3 is 14.4 Å². The summed E-state index contributed by atoms with van der Waals surface area (Å²) in [6.45, 7) is 8.82. The lowest BCUT2D eigenvalue weighted by atomic mass is 10.1. The molecule has 2 heterocycles. The van der Waals surface area contributed by atoms with Crippen molar-refractivity contribution in [1.82, 2.24) is 9.88 Å². The molecular weight excluding hydrogens is 285 g/mol. The highest BCUT2D eigenvalue weighted by Gasteiger charge is 2.29. The second-order valence-electron chi connectivity index (χ2n) is 6.70. The van der Waals surface area contributed by atoms with E-state index in [4.69, 9.17) is 4.42 Å². The standard InChI is InChI=1S/C16H22FN3O2/c1-11-9-19(10-16(2,3)21)6-7-20(11)15-18-13-8-12(17)4-5-14(13)22-15/h4-5,8,11,21H,6-7,9-10H2,1-3H3. The van der Waals surface area contributed by atoms with E-state index in [0.717, 1.165) is 19.6 Å². The highest BCUT2D eigenvalue weighted by molar-refractivity contribution is 5.74. The van der Waals surface area contributed by atoms with Gasteiger partial charge in [0.1, 0.15) is 11.3 Å². The Morgan fingerprint density at radius 3 is 2.86 bits per heavy atom. The highest BCUT2D eigenvalue weighted by atomic mass is 19.1. The van der Waals surface area contributed by atoms with E-state index in [-0.39, 0.29) is 11.9 Å². The van der Waals surface area contributed by atoms with Crippen LogP contribution in [0.4, 0.5) is 10.4 Å². The lowest BCUT2D eigenvalue weighted by Crippen LogP contribution is -2.54. The average Bonchev–Trinajstić information content (AvgIpc) is 2.79. The van der Waals surface area contributed by atoms with Crippen molar-refractivity contribution in [3.8, 4) is 0 Å². The third-order valence-corrected chi connectivity index (χ3v) is 3.91. The molecule has 0 radical (unpaired) electrons. The summed E-state index contributed by atoms with van der Waals surface area (Å²) in [5.41, 5.74) is 0.445. The first kappa shape index (κ1) is 15.2. The fourth-order valence-corrected chi connectivity index (χ4v) is 3.02. The van der Waals surface area contributed by atoms with E-state index in [1.54, 1.807) is 6.07 Å². The Balaban J connectivity index is 1.75. The molecule has 0 spiro atoms. The van der Waals surface area contributed by atoms with Gasteiger partial charge in [-0.25, -0.2) is 4.39 Å². The van der Waals surface area contributed by atoms with Crippen LogP contribution in [-0.2, 0) is 0 Å². The van der Waals surface area contributed by atoms with Gasteiger partial charge >= 0.3 is 0 Å². The van der Waals surface area contributed by atoms with Crippen molar-refractivity contribution in [2.75, 3.05) is 31.1 Å². The van der Waals surface area contributed by atoms with Gasteiger partial charge in [-0.15, -0.1) is 0 Å². The third kappa shape index (κ3) is 3.23. The first-order valence-electron chi connectivity index (χ1n) is 7.59. The van der Waals surface area contributed by atoms with E-state index < -0.39 is 5.60 Å². The molecule has 1 saturated heterocycles. The van der Waals surface area contributed by atoms with Crippen LogP contribution >= 0.6 is 0 Å². The number of piperazine rings is 1. The Morgan fingerprint density at radius 2 is 2.18 bits per heavy atom. The van der Waals surface area contributed by atoms with Gasteiger partial charge in [-0.2, -0.15) is 4.98 Å². The van der Waals surface area contributed by atoms with Crippen molar-refractivity contribution in [3.63, 3.8) is 0 Å². The molecule has 6 heteroatoms. The van der Waals surface area contributed by atoms with E-state index in [1.165, 1.54) is 12.1 Å². The van der Waals surface area contributed by atoms with Gasteiger partial charge in [0, 0.05) is 38.3 Å². The van der Waals surface area contributed by atoms with Gasteiger partial charge in [-0.3, -0.25) is 4.90 Å². The molecule has 0 amide bonds. The number of aliphatic hydroxyl groups is 1. The van der Waals surface area contributed by atoms with Crippen LogP contribution in [0.1, 0.15) is 20.8 Å². The molecule has 1 unspecified atom stereocenters. The molecule has 1 aromatic carbocycles. The quantitative estimate of drug-likeness (QED) is 0.942. The maximum absolute atomic E-state index is 13.2. The maximum atomic E-state index is 13.2. The predicted octanol–water partition coefficient (Wildman–Crippen LogP) is 2.25. The summed E-state index contributed by atoms with van der Waals surface area (Å²) in [4.78, 5) is 8.73. The van der Waals surface area contributed by atoms with Crippen LogP contribution in [0.5, 0.6) is 0 Å². The number of nitrogens with zero attached hydrogens (tertiary/aromatic N) is 3. The minimum Gasteiger partial charge on any atom is -0.423 e. The van der Waals surface area contributed by atoms with E-state index in [0.29, 0.717) is 23.7 Å². The summed E-state index contributed by atoms with van der Waals surface area (Å²) in [5, 5.41) is 9.94. The largest absolute Gasteiger partial charge is 0.423 e. The molecule has 22 heavy (non-hydrogen) atoms. The molecule has 1 aliphatic heterocycles. The second kappa shape index (κ2) is 5.52. The van der Waals surface area contributed by atoms with Crippen LogP contribution in [0.15, 0.2) is 22.6 Å². The van der Waals surface area contributed by atoms with Gasteiger partial charge in [-0.05, 0) is 32.9 Å². The molecule has 1 fully saturated rings. The number of hydrogen-bond acceptors (Lipinski definition) is 5. The summed E-state index contributed by atoms with van der Waals surface area (Å²) in [7, 11) is 0. The summed E-state index contributed by atoms with van der Waals surface area (Å²) in [5.74, 6) is -0.310. The smallest absolute Gasteiger partial charge is 0.298 e.